The molecule has 3 rings (SSSR count). The van der Waals surface area contributed by atoms with Crippen molar-refractivity contribution >= 4 is 29.2 Å². The summed E-state index contributed by atoms with van der Waals surface area (Å²) in [4.78, 5) is 23.9. The number of halogens is 1. The Morgan fingerprint density at radius 3 is 2.25 bits per heavy atom. The summed E-state index contributed by atoms with van der Waals surface area (Å²) in [5.41, 5.74) is 9.09. The Morgan fingerprint density at radius 2 is 1.61 bits per heavy atom. The second kappa shape index (κ2) is 8.59. The molecular weight excluding hydrogens is 376 g/mol. The summed E-state index contributed by atoms with van der Waals surface area (Å²) in [6.45, 7) is 0. The first-order valence-electron chi connectivity index (χ1n) is 8.67. The van der Waals surface area contributed by atoms with Gasteiger partial charge in [0.2, 0.25) is 0 Å². The van der Waals surface area contributed by atoms with Crippen molar-refractivity contribution in [2.24, 2.45) is 0 Å². The lowest BCUT2D eigenvalue weighted by atomic mass is 9.98. The van der Waals surface area contributed by atoms with Crippen LogP contribution in [0.1, 0.15) is 28.4 Å². The monoisotopic (exact) mass is 394 g/mol. The number of nitrogen functional groups attached to an aromatic ring is 1. The van der Waals surface area contributed by atoms with Gasteiger partial charge in [-0.3, -0.25) is 9.59 Å². The van der Waals surface area contributed by atoms with Crippen LogP contribution in [0, 0.1) is 0 Å². The van der Waals surface area contributed by atoms with Gasteiger partial charge in [-0.25, -0.2) is 0 Å². The molecular formula is C22H19ClN2O3. The molecule has 0 aromatic heterocycles. The van der Waals surface area contributed by atoms with E-state index in [1.54, 1.807) is 6.07 Å². The first-order valence-corrected chi connectivity index (χ1v) is 9.05. The molecule has 3 aromatic carbocycles. The average molecular weight is 395 g/mol. The lowest BCUT2D eigenvalue weighted by Crippen LogP contribution is -2.30. The third kappa shape index (κ3) is 4.69. The Labute approximate surface area is 167 Å². The van der Waals surface area contributed by atoms with Gasteiger partial charge in [-0.2, -0.15) is 0 Å². The Bertz CT molecular complexity index is 988. The molecule has 3 aromatic rings. The Hall–Kier alpha value is -3.31. The molecule has 1 atom stereocenters. The number of carboxylic acids is 1. The van der Waals surface area contributed by atoms with Crippen LogP contribution < -0.4 is 11.1 Å². The third-order valence-electron chi connectivity index (χ3n) is 4.36. The Kier molecular flexibility index (Phi) is 5.96. The molecule has 0 bridgehead atoms. The number of hydrogen-bond donors (Lipinski definition) is 3. The van der Waals surface area contributed by atoms with Crippen LogP contribution in [-0.4, -0.2) is 17.0 Å². The molecule has 142 valence electrons. The Balaban J connectivity index is 1.85. The minimum atomic E-state index is -1.02. The first kappa shape index (κ1) is 19.5. The zero-order valence-electron chi connectivity index (χ0n) is 14.9. The van der Waals surface area contributed by atoms with Gasteiger partial charge in [0.05, 0.1) is 18.0 Å². The maximum absolute atomic E-state index is 12.6. The molecule has 6 heteroatoms. The van der Waals surface area contributed by atoms with E-state index in [1.165, 1.54) is 12.1 Å². The second-order valence-corrected chi connectivity index (χ2v) is 6.78. The number of aliphatic carboxylic acids is 1. The largest absolute Gasteiger partial charge is 0.481 e. The average Bonchev–Trinajstić information content (AvgIpc) is 2.69. The second-order valence-electron chi connectivity index (χ2n) is 6.34. The maximum Gasteiger partial charge on any atom is 0.305 e. The molecule has 0 spiro atoms. The molecule has 0 heterocycles. The predicted molar refractivity (Wildman–Crippen MR) is 110 cm³/mol. The SMILES string of the molecule is Nc1ccc(Cl)cc1C(=O)NC(CC(=O)O)c1ccc(-c2ccccc2)cc1. The summed E-state index contributed by atoms with van der Waals surface area (Å²) in [6, 6.07) is 21.2. The van der Waals surface area contributed by atoms with Gasteiger partial charge in [0.1, 0.15) is 0 Å². The van der Waals surface area contributed by atoms with E-state index in [0.29, 0.717) is 10.6 Å². The van der Waals surface area contributed by atoms with E-state index in [4.69, 9.17) is 17.3 Å². The first-order chi connectivity index (χ1) is 13.4. The van der Waals surface area contributed by atoms with Crippen molar-refractivity contribution in [1.29, 1.82) is 0 Å². The fraction of sp³-hybridized carbons (Fsp3) is 0.0909. The van der Waals surface area contributed by atoms with E-state index in [9.17, 15) is 14.7 Å². The van der Waals surface area contributed by atoms with Crippen molar-refractivity contribution in [2.75, 3.05) is 5.73 Å². The summed E-state index contributed by atoms with van der Waals surface area (Å²) in [5.74, 6) is -1.49. The van der Waals surface area contributed by atoms with E-state index >= 15 is 0 Å². The number of hydrogen-bond acceptors (Lipinski definition) is 3. The number of anilines is 1. The van der Waals surface area contributed by atoms with Crippen LogP contribution in [0.4, 0.5) is 5.69 Å². The third-order valence-corrected chi connectivity index (χ3v) is 4.60. The fourth-order valence-electron chi connectivity index (χ4n) is 2.93. The van der Waals surface area contributed by atoms with Crippen LogP contribution in [0.3, 0.4) is 0 Å². The molecule has 0 aliphatic carbocycles. The van der Waals surface area contributed by atoms with E-state index in [0.717, 1.165) is 11.1 Å². The highest BCUT2D eigenvalue weighted by atomic mass is 35.5. The number of nitrogens with two attached hydrogens (primary N) is 1. The van der Waals surface area contributed by atoms with Gasteiger partial charge >= 0.3 is 5.97 Å². The summed E-state index contributed by atoms with van der Waals surface area (Å²) in [5, 5.41) is 12.4. The van der Waals surface area contributed by atoms with Crippen molar-refractivity contribution in [3.05, 3.63) is 88.9 Å². The minimum absolute atomic E-state index is 0.212. The molecule has 1 amide bonds. The van der Waals surface area contributed by atoms with Crippen LogP contribution >= 0.6 is 11.6 Å². The molecule has 0 radical (unpaired) electrons. The Morgan fingerprint density at radius 1 is 0.964 bits per heavy atom. The standard InChI is InChI=1S/C22H19ClN2O3/c23-17-10-11-19(24)18(12-17)22(28)25-20(13-21(26)27)16-8-6-15(7-9-16)14-4-2-1-3-5-14/h1-12,20H,13,24H2,(H,25,28)(H,26,27). The van der Waals surface area contributed by atoms with Crippen LogP contribution in [-0.2, 0) is 4.79 Å². The normalized spacial score (nSPS) is 11.6. The number of carboxylic acid groups (broad SMARTS) is 1. The number of rotatable bonds is 6. The van der Waals surface area contributed by atoms with Gasteiger partial charge in [0, 0.05) is 10.7 Å². The van der Waals surface area contributed by atoms with Gasteiger partial charge in [-0.15, -0.1) is 0 Å². The zero-order chi connectivity index (χ0) is 20.1. The molecule has 0 saturated carbocycles. The molecule has 0 aliphatic heterocycles. The molecule has 5 nitrogen and oxygen atoms in total. The number of amides is 1. The topological polar surface area (TPSA) is 92.4 Å². The van der Waals surface area contributed by atoms with E-state index in [-0.39, 0.29) is 17.7 Å². The highest BCUT2D eigenvalue weighted by Crippen LogP contribution is 2.25. The van der Waals surface area contributed by atoms with Crippen molar-refractivity contribution in [2.45, 2.75) is 12.5 Å². The smallest absolute Gasteiger partial charge is 0.305 e. The minimum Gasteiger partial charge on any atom is -0.481 e. The fourth-order valence-corrected chi connectivity index (χ4v) is 3.10. The van der Waals surface area contributed by atoms with E-state index in [1.807, 2.05) is 54.6 Å². The van der Waals surface area contributed by atoms with Crippen LogP contribution in [0.5, 0.6) is 0 Å². The number of carbonyl (C=O) groups is 2. The predicted octanol–water partition coefficient (Wildman–Crippen LogP) is 4.54. The molecule has 0 fully saturated rings. The van der Waals surface area contributed by atoms with Gasteiger partial charge in [-0.1, -0.05) is 66.2 Å². The lowest BCUT2D eigenvalue weighted by molar-refractivity contribution is -0.137. The molecule has 0 saturated heterocycles. The van der Waals surface area contributed by atoms with Crippen LogP contribution in [0.25, 0.3) is 11.1 Å². The molecule has 1 unspecified atom stereocenters. The maximum atomic E-state index is 12.6. The van der Waals surface area contributed by atoms with Crippen molar-refractivity contribution in [3.63, 3.8) is 0 Å². The summed E-state index contributed by atoms with van der Waals surface area (Å²) < 4.78 is 0. The highest BCUT2D eigenvalue weighted by Gasteiger charge is 2.20. The van der Waals surface area contributed by atoms with Crippen LogP contribution in [0.15, 0.2) is 72.8 Å². The summed E-state index contributed by atoms with van der Waals surface area (Å²) >= 11 is 5.94. The number of carbonyl (C=O) groups excluding carboxylic acids is 1. The highest BCUT2D eigenvalue weighted by molar-refractivity contribution is 6.31. The molecule has 0 aliphatic rings. The van der Waals surface area contributed by atoms with Gasteiger partial charge in [0.15, 0.2) is 0 Å². The van der Waals surface area contributed by atoms with Crippen molar-refractivity contribution in [1.82, 2.24) is 5.32 Å². The number of benzene rings is 3. The summed E-state index contributed by atoms with van der Waals surface area (Å²) in [6.07, 6.45) is -0.253. The zero-order valence-corrected chi connectivity index (χ0v) is 15.7. The quantitative estimate of drug-likeness (QED) is 0.535. The van der Waals surface area contributed by atoms with Crippen LogP contribution in [0.2, 0.25) is 5.02 Å². The van der Waals surface area contributed by atoms with Gasteiger partial charge in [0.25, 0.3) is 5.91 Å². The summed E-state index contributed by atoms with van der Waals surface area (Å²) in [7, 11) is 0. The van der Waals surface area contributed by atoms with Crippen molar-refractivity contribution in [3.8, 4) is 11.1 Å². The van der Waals surface area contributed by atoms with Crippen molar-refractivity contribution < 1.29 is 14.7 Å². The van der Waals surface area contributed by atoms with E-state index in [2.05, 4.69) is 5.32 Å². The lowest BCUT2D eigenvalue weighted by Gasteiger charge is -2.19. The van der Waals surface area contributed by atoms with Gasteiger partial charge in [-0.05, 0) is 34.9 Å². The number of nitrogens with one attached hydrogen (secondary N) is 1. The molecule has 4 N–H and O–H groups in total. The molecule has 28 heavy (non-hydrogen) atoms. The van der Waals surface area contributed by atoms with Gasteiger partial charge < -0.3 is 16.2 Å². The van der Waals surface area contributed by atoms with E-state index < -0.39 is 17.9 Å².